The van der Waals surface area contributed by atoms with Crippen molar-refractivity contribution in [1.29, 1.82) is 0 Å². The fourth-order valence-corrected chi connectivity index (χ4v) is 1.88. The molecule has 100 valence electrons. The van der Waals surface area contributed by atoms with Crippen molar-refractivity contribution in [1.82, 2.24) is 0 Å². The molecule has 0 aliphatic heterocycles. The second-order valence-corrected chi connectivity index (χ2v) is 5.16. The van der Waals surface area contributed by atoms with Crippen LogP contribution in [0.5, 0.6) is 0 Å². The Morgan fingerprint density at radius 1 is 1.16 bits per heavy atom. The zero-order valence-electron chi connectivity index (χ0n) is 10.2. The van der Waals surface area contributed by atoms with Gasteiger partial charge in [0.2, 0.25) is 0 Å². The molecular formula is C8H9KN2O7S. The first kappa shape index (κ1) is 20.7. The minimum atomic E-state index is -3.36. The zero-order valence-corrected chi connectivity index (χ0v) is 14.1. The van der Waals surface area contributed by atoms with Gasteiger partial charge in [0.1, 0.15) is 0 Å². The van der Waals surface area contributed by atoms with E-state index in [9.17, 15) is 18.5 Å². The van der Waals surface area contributed by atoms with E-state index in [4.69, 9.17) is 15.3 Å². The molecule has 0 spiro atoms. The number of rotatable bonds is 3. The summed E-state index contributed by atoms with van der Waals surface area (Å²) in [6.45, 7) is 1.49. The number of sulfone groups is 1. The quantitative estimate of drug-likeness (QED) is 0.362. The smallest absolute Gasteiger partial charge is 0.356 e. The summed E-state index contributed by atoms with van der Waals surface area (Å²) < 4.78 is 22.7. The molecule has 0 atom stereocenters. The van der Waals surface area contributed by atoms with Gasteiger partial charge < -0.3 is 15.3 Å². The van der Waals surface area contributed by atoms with Crippen LogP contribution in [0.3, 0.4) is 0 Å². The van der Waals surface area contributed by atoms with Crippen LogP contribution in [0.15, 0.2) is 29.2 Å². The van der Waals surface area contributed by atoms with Gasteiger partial charge in [0.25, 0.3) is 5.69 Å². The first-order chi connectivity index (χ1) is 8.20. The molecule has 11 heteroatoms. The summed E-state index contributed by atoms with van der Waals surface area (Å²) in [7, 11) is -3.36. The molecule has 0 fully saturated rings. The molecule has 0 radical (unpaired) electrons. The molecule has 0 bridgehead atoms. The third-order valence-electron chi connectivity index (χ3n) is 1.77. The van der Waals surface area contributed by atoms with Crippen LogP contribution in [-0.4, -0.2) is 24.2 Å². The minimum Gasteiger partial charge on any atom is -0.356 e. The summed E-state index contributed by atoms with van der Waals surface area (Å²) in [4.78, 5) is 18.0. The SMILES string of the molecule is CCS(=O)(=O)c1cccc([N+](=O)[O-])c1.O=[N+]([O-])[O-].[K+]. The van der Waals surface area contributed by atoms with Crippen molar-refractivity contribution in [2.24, 2.45) is 0 Å². The molecule has 1 rings (SSSR count). The van der Waals surface area contributed by atoms with Crippen molar-refractivity contribution >= 4 is 15.5 Å². The molecule has 0 saturated heterocycles. The predicted octanol–water partition coefficient (Wildman–Crippen LogP) is -1.85. The van der Waals surface area contributed by atoms with Crippen LogP contribution in [0.1, 0.15) is 6.92 Å². The van der Waals surface area contributed by atoms with E-state index in [2.05, 4.69) is 0 Å². The van der Waals surface area contributed by atoms with Crippen molar-refractivity contribution in [3.63, 3.8) is 0 Å². The van der Waals surface area contributed by atoms with Gasteiger partial charge in [0.15, 0.2) is 9.84 Å². The van der Waals surface area contributed by atoms with Crippen LogP contribution in [-0.2, 0) is 9.84 Å². The standard InChI is InChI=1S/C8H9NO4S.K.NO3/c1-2-14(12,13)8-5-3-4-7(6-8)9(10)11;;2-1(3)4/h3-6H,2H2,1H3;;/q;+1;-1. The van der Waals surface area contributed by atoms with Gasteiger partial charge in [-0.15, -0.1) is 0 Å². The molecule has 0 N–H and O–H groups in total. The molecule has 0 aliphatic carbocycles. The number of hydrogen-bond acceptors (Lipinski definition) is 7. The van der Waals surface area contributed by atoms with Crippen LogP contribution in [0.2, 0.25) is 0 Å². The summed E-state index contributed by atoms with van der Waals surface area (Å²) in [5, 5.41) is 25.1. The van der Waals surface area contributed by atoms with E-state index in [1.54, 1.807) is 0 Å². The van der Waals surface area contributed by atoms with E-state index in [-0.39, 0.29) is 67.7 Å². The average molecular weight is 316 g/mol. The van der Waals surface area contributed by atoms with Gasteiger partial charge in [0, 0.05) is 12.1 Å². The van der Waals surface area contributed by atoms with Gasteiger partial charge in [-0.05, 0) is 6.07 Å². The second kappa shape index (κ2) is 9.33. The summed E-state index contributed by atoms with van der Waals surface area (Å²) >= 11 is 0. The Bertz CT molecular complexity index is 542. The molecule has 0 aliphatic rings. The Balaban J connectivity index is 0. The fourth-order valence-electron chi connectivity index (χ4n) is 0.957. The largest absolute Gasteiger partial charge is 1.00 e. The number of nitro groups is 1. The van der Waals surface area contributed by atoms with E-state index >= 15 is 0 Å². The molecule has 0 amide bonds. The van der Waals surface area contributed by atoms with Gasteiger partial charge in [0.05, 0.1) is 20.7 Å². The Hall–Kier alpha value is -0.594. The van der Waals surface area contributed by atoms with E-state index in [1.807, 2.05) is 0 Å². The van der Waals surface area contributed by atoms with E-state index in [0.29, 0.717) is 0 Å². The van der Waals surface area contributed by atoms with Gasteiger partial charge in [-0.2, -0.15) is 0 Å². The van der Waals surface area contributed by atoms with Crippen LogP contribution in [0, 0.1) is 25.4 Å². The summed E-state index contributed by atoms with van der Waals surface area (Å²) in [5.74, 6) is -0.0613. The Kier molecular flexibility index (Phi) is 10.2. The van der Waals surface area contributed by atoms with Crippen LogP contribution >= 0.6 is 0 Å². The third-order valence-corrected chi connectivity index (χ3v) is 3.50. The van der Waals surface area contributed by atoms with E-state index in [0.717, 1.165) is 6.07 Å². The van der Waals surface area contributed by atoms with Crippen molar-refractivity contribution in [3.05, 3.63) is 49.7 Å². The molecule has 0 unspecified atom stereocenters. The van der Waals surface area contributed by atoms with Crippen molar-refractivity contribution < 1.29 is 69.8 Å². The molecule has 0 heterocycles. The molecular weight excluding hydrogens is 307 g/mol. The average Bonchev–Trinajstić information content (AvgIpc) is 2.28. The molecule has 0 aromatic heterocycles. The number of benzene rings is 1. The van der Waals surface area contributed by atoms with Gasteiger partial charge in [-0.3, -0.25) is 10.1 Å². The number of nitro benzene ring substituents is 1. The monoisotopic (exact) mass is 316 g/mol. The molecule has 9 nitrogen and oxygen atoms in total. The number of non-ortho nitro benzene ring substituents is 1. The van der Waals surface area contributed by atoms with Crippen LogP contribution < -0.4 is 51.4 Å². The predicted molar refractivity (Wildman–Crippen MR) is 61.2 cm³/mol. The second-order valence-electron chi connectivity index (χ2n) is 2.88. The van der Waals surface area contributed by atoms with Crippen molar-refractivity contribution in [2.75, 3.05) is 5.75 Å². The summed E-state index contributed by atoms with van der Waals surface area (Å²) in [6, 6.07) is 5.04. The van der Waals surface area contributed by atoms with Crippen molar-refractivity contribution in [3.8, 4) is 0 Å². The van der Waals surface area contributed by atoms with Gasteiger partial charge in [-0.1, -0.05) is 13.0 Å². The Labute approximate surface area is 151 Å². The normalized spacial score (nSPS) is 9.53. The molecule has 19 heavy (non-hydrogen) atoms. The van der Waals surface area contributed by atoms with E-state index in [1.165, 1.54) is 25.1 Å². The Morgan fingerprint density at radius 2 is 1.63 bits per heavy atom. The maximum absolute atomic E-state index is 11.4. The molecule has 0 saturated carbocycles. The first-order valence-electron chi connectivity index (χ1n) is 4.49. The van der Waals surface area contributed by atoms with Crippen LogP contribution in [0.25, 0.3) is 0 Å². The fraction of sp³-hybridized carbons (Fsp3) is 0.250. The van der Waals surface area contributed by atoms with Gasteiger partial charge in [-0.25, -0.2) is 8.42 Å². The first-order valence-corrected chi connectivity index (χ1v) is 6.14. The number of nitrogens with zero attached hydrogens (tertiary/aromatic N) is 2. The van der Waals surface area contributed by atoms with Gasteiger partial charge >= 0.3 is 51.4 Å². The molecule has 1 aromatic rings. The topological polar surface area (TPSA) is 143 Å². The maximum Gasteiger partial charge on any atom is 1.00 e. The van der Waals surface area contributed by atoms with E-state index < -0.39 is 19.8 Å². The van der Waals surface area contributed by atoms with Crippen molar-refractivity contribution in [2.45, 2.75) is 11.8 Å². The molecule has 1 aromatic carbocycles. The zero-order chi connectivity index (χ0) is 14.3. The number of hydrogen-bond donors (Lipinski definition) is 0. The summed E-state index contributed by atoms with van der Waals surface area (Å²) in [5.41, 5.74) is -0.209. The third kappa shape index (κ3) is 8.23. The minimum absolute atomic E-state index is 0. The summed E-state index contributed by atoms with van der Waals surface area (Å²) in [6.07, 6.45) is 0. The maximum atomic E-state index is 11.4. The Morgan fingerprint density at radius 3 is 2.00 bits per heavy atom. The van der Waals surface area contributed by atoms with Crippen LogP contribution in [0.4, 0.5) is 5.69 Å².